The summed E-state index contributed by atoms with van der Waals surface area (Å²) < 4.78 is 1.90. The fourth-order valence-corrected chi connectivity index (χ4v) is 3.56. The monoisotopic (exact) mass is 364 g/mol. The molecule has 1 atom stereocenters. The summed E-state index contributed by atoms with van der Waals surface area (Å²) >= 11 is 0. The zero-order chi connectivity index (χ0) is 19.2. The fourth-order valence-electron chi connectivity index (χ4n) is 3.56. The second-order valence-electron chi connectivity index (χ2n) is 7.32. The van der Waals surface area contributed by atoms with Gasteiger partial charge in [-0.1, -0.05) is 0 Å². The van der Waals surface area contributed by atoms with Crippen LogP contribution < -0.4 is 10.5 Å². The van der Waals surface area contributed by atoms with Crippen LogP contribution >= 0.6 is 0 Å². The molecule has 0 bridgehead atoms. The van der Waals surface area contributed by atoms with E-state index in [2.05, 4.69) is 15.1 Å². The number of H-pyrrole nitrogens is 1. The van der Waals surface area contributed by atoms with E-state index in [0.717, 1.165) is 6.42 Å². The summed E-state index contributed by atoms with van der Waals surface area (Å²) in [4.78, 5) is 21.8. The third-order valence-corrected chi connectivity index (χ3v) is 4.95. The van der Waals surface area contributed by atoms with E-state index in [1.54, 1.807) is 32.2 Å². The number of hydrogen-bond donors (Lipinski definition) is 2. The molecule has 8 nitrogen and oxygen atoms in total. The van der Waals surface area contributed by atoms with Crippen LogP contribution in [0, 0.1) is 11.3 Å². The molecule has 0 aromatic carbocycles. The summed E-state index contributed by atoms with van der Waals surface area (Å²) in [6.07, 6.45) is 4.51. The second kappa shape index (κ2) is 6.21. The van der Waals surface area contributed by atoms with E-state index in [4.69, 9.17) is 0 Å². The number of rotatable bonds is 3. The molecule has 3 aromatic rings. The highest BCUT2D eigenvalue weighted by atomic mass is 16.3. The number of pyridine rings is 2. The molecule has 0 radical (unpaired) electrons. The van der Waals surface area contributed by atoms with Crippen molar-refractivity contribution in [2.75, 3.05) is 18.0 Å². The molecule has 4 heterocycles. The van der Waals surface area contributed by atoms with Gasteiger partial charge in [0, 0.05) is 25.5 Å². The SMILES string of the molecule is CC(C)(O)c1ccc2[nH]c(=O)c(C#N)c(N3CC[C@@H](n4cccn4)C3)c2n1. The first kappa shape index (κ1) is 17.2. The van der Waals surface area contributed by atoms with Crippen molar-refractivity contribution in [2.45, 2.75) is 31.9 Å². The van der Waals surface area contributed by atoms with Crippen molar-refractivity contribution in [2.24, 2.45) is 0 Å². The highest BCUT2D eigenvalue weighted by molar-refractivity contribution is 5.91. The predicted octanol–water partition coefficient (Wildman–Crippen LogP) is 1.67. The molecule has 1 fully saturated rings. The van der Waals surface area contributed by atoms with Gasteiger partial charge in [-0.25, -0.2) is 4.98 Å². The third kappa shape index (κ3) is 2.96. The molecule has 0 spiro atoms. The van der Waals surface area contributed by atoms with Crippen LogP contribution in [0.5, 0.6) is 0 Å². The van der Waals surface area contributed by atoms with Gasteiger partial charge in [-0.15, -0.1) is 0 Å². The molecular weight excluding hydrogens is 344 g/mol. The summed E-state index contributed by atoms with van der Waals surface area (Å²) in [6, 6.07) is 7.48. The van der Waals surface area contributed by atoms with Gasteiger partial charge in [-0.05, 0) is 38.5 Å². The second-order valence-corrected chi connectivity index (χ2v) is 7.32. The lowest BCUT2D eigenvalue weighted by Gasteiger charge is -2.23. The summed E-state index contributed by atoms with van der Waals surface area (Å²) in [5.41, 5.74) is 0.560. The Morgan fingerprint density at radius 3 is 2.89 bits per heavy atom. The average Bonchev–Trinajstić information content (AvgIpc) is 3.30. The van der Waals surface area contributed by atoms with Crippen LogP contribution in [-0.2, 0) is 5.60 Å². The molecule has 2 N–H and O–H groups in total. The van der Waals surface area contributed by atoms with Crippen molar-refractivity contribution in [3.8, 4) is 6.07 Å². The normalized spacial score (nSPS) is 17.4. The maximum Gasteiger partial charge on any atom is 0.268 e. The quantitative estimate of drug-likeness (QED) is 0.731. The lowest BCUT2D eigenvalue weighted by atomic mass is 10.0. The minimum Gasteiger partial charge on any atom is -0.384 e. The van der Waals surface area contributed by atoms with Gasteiger partial charge in [0.05, 0.1) is 22.9 Å². The fraction of sp³-hybridized carbons (Fsp3) is 0.368. The first-order valence-corrected chi connectivity index (χ1v) is 8.82. The van der Waals surface area contributed by atoms with Crippen molar-refractivity contribution in [1.29, 1.82) is 5.26 Å². The van der Waals surface area contributed by atoms with E-state index < -0.39 is 11.2 Å². The molecule has 1 aliphatic heterocycles. The number of nitrogens with zero attached hydrogens (tertiary/aromatic N) is 5. The van der Waals surface area contributed by atoms with E-state index in [-0.39, 0.29) is 11.6 Å². The van der Waals surface area contributed by atoms with Gasteiger partial charge >= 0.3 is 0 Å². The van der Waals surface area contributed by atoms with Gasteiger partial charge < -0.3 is 15.0 Å². The molecule has 0 aliphatic carbocycles. The summed E-state index contributed by atoms with van der Waals surface area (Å²) in [7, 11) is 0. The van der Waals surface area contributed by atoms with Crippen LogP contribution in [0.1, 0.15) is 37.6 Å². The van der Waals surface area contributed by atoms with Gasteiger partial charge in [0.25, 0.3) is 5.56 Å². The lowest BCUT2D eigenvalue weighted by molar-refractivity contribution is 0.0742. The molecule has 1 saturated heterocycles. The van der Waals surface area contributed by atoms with Crippen molar-refractivity contribution in [1.82, 2.24) is 19.7 Å². The first-order valence-electron chi connectivity index (χ1n) is 8.82. The minimum absolute atomic E-state index is 0.0454. The van der Waals surface area contributed by atoms with Crippen LogP contribution in [0.15, 0.2) is 35.4 Å². The maximum atomic E-state index is 12.4. The number of fused-ring (bicyclic) bond motifs is 1. The molecule has 27 heavy (non-hydrogen) atoms. The molecule has 0 unspecified atom stereocenters. The van der Waals surface area contributed by atoms with E-state index >= 15 is 0 Å². The number of aromatic nitrogens is 4. The molecule has 4 rings (SSSR count). The molecule has 138 valence electrons. The predicted molar refractivity (Wildman–Crippen MR) is 100 cm³/mol. The number of anilines is 1. The molecular formula is C19H20N6O2. The van der Waals surface area contributed by atoms with Crippen molar-refractivity contribution in [3.05, 3.63) is 52.2 Å². The van der Waals surface area contributed by atoms with Crippen LogP contribution in [0.25, 0.3) is 11.0 Å². The van der Waals surface area contributed by atoms with E-state index in [0.29, 0.717) is 35.5 Å². The Morgan fingerprint density at radius 2 is 2.22 bits per heavy atom. The standard InChI is InChI=1S/C19H20N6O2/c1-19(2,27)15-5-4-14-16(23-15)17(13(10-20)18(26)22-14)24-9-6-12(11-24)25-8-3-7-21-25/h3-5,7-8,12,27H,6,9,11H2,1-2H3,(H,22,26)/t12-/m1/s1. The third-order valence-electron chi connectivity index (χ3n) is 4.95. The van der Waals surface area contributed by atoms with E-state index in [1.807, 2.05) is 27.9 Å². The largest absolute Gasteiger partial charge is 0.384 e. The first-order chi connectivity index (χ1) is 12.9. The van der Waals surface area contributed by atoms with E-state index in [1.165, 1.54) is 0 Å². The molecule has 3 aromatic heterocycles. The van der Waals surface area contributed by atoms with Gasteiger partial charge in [-0.3, -0.25) is 9.48 Å². The minimum atomic E-state index is -1.13. The summed E-state index contributed by atoms with van der Waals surface area (Å²) in [5.74, 6) is 0. The topological polar surface area (TPSA) is 111 Å². The van der Waals surface area contributed by atoms with Crippen LogP contribution in [-0.4, -0.2) is 37.9 Å². The Balaban J connectivity index is 1.87. The van der Waals surface area contributed by atoms with Gasteiger partial charge in [-0.2, -0.15) is 10.4 Å². The summed E-state index contributed by atoms with van der Waals surface area (Å²) in [5, 5.41) is 24.2. The molecule has 8 heteroatoms. The Labute approximate surface area is 155 Å². The van der Waals surface area contributed by atoms with Gasteiger partial charge in [0.1, 0.15) is 22.8 Å². The zero-order valence-electron chi connectivity index (χ0n) is 15.2. The van der Waals surface area contributed by atoms with Crippen molar-refractivity contribution < 1.29 is 5.11 Å². The number of nitriles is 1. The number of nitrogens with one attached hydrogen (secondary N) is 1. The summed E-state index contributed by atoms with van der Waals surface area (Å²) in [6.45, 7) is 4.62. The van der Waals surface area contributed by atoms with Crippen LogP contribution in [0.4, 0.5) is 5.69 Å². The Morgan fingerprint density at radius 1 is 1.41 bits per heavy atom. The van der Waals surface area contributed by atoms with Gasteiger partial charge in [0.2, 0.25) is 0 Å². The maximum absolute atomic E-state index is 12.4. The molecule has 0 amide bonds. The molecule has 1 aliphatic rings. The van der Waals surface area contributed by atoms with Crippen LogP contribution in [0.2, 0.25) is 0 Å². The lowest BCUT2D eigenvalue weighted by Crippen LogP contribution is -2.26. The Bertz CT molecular complexity index is 1090. The average molecular weight is 364 g/mol. The Kier molecular flexibility index (Phi) is 3.97. The van der Waals surface area contributed by atoms with Crippen molar-refractivity contribution in [3.63, 3.8) is 0 Å². The van der Waals surface area contributed by atoms with Crippen molar-refractivity contribution >= 4 is 16.7 Å². The van der Waals surface area contributed by atoms with Crippen LogP contribution in [0.3, 0.4) is 0 Å². The number of aliphatic hydroxyl groups is 1. The van der Waals surface area contributed by atoms with E-state index in [9.17, 15) is 15.2 Å². The highest BCUT2D eigenvalue weighted by Gasteiger charge is 2.29. The smallest absolute Gasteiger partial charge is 0.268 e. The Hall–Kier alpha value is -3.18. The number of hydrogen-bond acceptors (Lipinski definition) is 6. The van der Waals surface area contributed by atoms with Gasteiger partial charge in [0.15, 0.2) is 0 Å². The zero-order valence-corrected chi connectivity index (χ0v) is 15.2. The number of aromatic amines is 1. The highest BCUT2D eigenvalue weighted by Crippen LogP contribution is 2.33. The molecule has 0 saturated carbocycles.